The van der Waals surface area contributed by atoms with Gasteiger partial charge in [0, 0.05) is 12.0 Å². The summed E-state index contributed by atoms with van der Waals surface area (Å²) in [5.74, 6) is -4.33. The number of anilines is 1. The quantitative estimate of drug-likeness (QED) is 0.268. The first-order valence-corrected chi connectivity index (χ1v) is 12.0. The number of hydrogen-bond donors (Lipinski definition) is 2. The van der Waals surface area contributed by atoms with E-state index in [2.05, 4.69) is 0 Å². The van der Waals surface area contributed by atoms with Crippen molar-refractivity contribution in [2.24, 2.45) is 11.1 Å². The number of benzene rings is 1. The molecule has 11 heteroatoms. The first kappa shape index (κ1) is 26.4. The number of nitrogens with zero attached hydrogens (tertiary/aromatic N) is 1. The number of imide groups is 1. The maximum absolute atomic E-state index is 14.4. The lowest BCUT2D eigenvalue weighted by Crippen LogP contribution is -2.38. The van der Waals surface area contributed by atoms with Crippen LogP contribution in [-0.4, -0.2) is 34.9 Å². The molecule has 3 rings (SSSR count). The van der Waals surface area contributed by atoms with E-state index in [0.29, 0.717) is 22.6 Å². The Morgan fingerprint density at radius 1 is 1.29 bits per heavy atom. The number of fused-ring (bicyclic) bond motifs is 1. The molecule has 0 spiro atoms. The Hall–Kier alpha value is -3.24. The summed E-state index contributed by atoms with van der Waals surface area (Å²) in [6.45, 7) is 5.67. The van der Waals surface area contributed by atoms with Gasteiger partial charge in [0.05, 0.1) is 21.2 Å². The molecule has 2 heterocycles. The number of carboxylic acid groups (broad SMARTS) is 1. The number of nitrogens with two attached hydrogens (primary N) is 1. The van der Waals surface area contributed by atoms with Crippen molar-refractivity contribution in [3.05, 3.63) is 50.9 Å². The number of carbonyl (C=O) groups is 4. The second kappa shape index (κ2) is 10.2. The molecule has 2 aromatic rings. The number of amides is 3. The Kier molecular flexibility index (Phi) is 7.66. The summed E-state index contributed by atoms with van der Waals surface area (Å²) >= 11 is 6.97. The lowest BCUT2D eigenvalue weighted by Gasteiger charge is -2.27. The molecule has 0 bridgehead atoms. The highest BCUT2D eigenvalue weighted by molar-refractivity contribution is 7.11. The van der Waals surface area contributed by atoms with Gasteiger partial charge in [0.25, 0.3) is 12.0 Å². The van der Waals surface area contributed by atoms with Gasteiger partial charge >= 0.3 is 12.0 Å². The number of carboxylic acids is 1. The largest absolute Gasteiger partial charge is 0.478 e. The van der Waals surface area contributed by atoms with E-state index >= 15 is 0 Å². The third-order valence-electron chi connectivity index (χ3n) is 6.22. The zero-order chi connectivity index (χ0) is 26.1. The number of ether oxygens (including phenoxy) is 1. The predicted molar refractivity (Wildman–Crippen MR) is 130 cm³/mol. The van der Waals surface area contributed by atoms with Gasteiger partial charge in [-0.05, 0) is 29.0 Å². The van der Waals surface area contributed by atoms with Crippen LogP contribution in [0.15, 0.2) is 29.6 Å². The van der Waals surface area contributed by atoms with Crippen LogP contribution in [0.3, 0.4) is 0 Å². The Bertz CT molecular complexity index is 1220. The van der Waals surface area contributed by atoms with Gasteiger partial charge in [0.15, 0.2) is 11.5 Å². The predicted octanol–water partition coefficient (Wildman–Crippen LogP) is 5.09. The summed E-state index contributed by atoms with van der Waals surface area (Å²) in [4.78, 5) is 51.4. The summed E-state index contributed by atoms with van der Waals surface area (Å²) in [5, 5.41) is 11.1. The zero-order valence-corrected chi connectivity index (χ0v) is 20.8. The molecule has 1 aliphatic heterocycles. The Morgan fingerprint density at radius 3 is 2.46 bits per heavy atom. The molecular formula is C24H24ClFN2O6S. The van der Waals surface area contributed by atoms with E-state index < -0.39 is 41.0 Å². The van der Waals surface area contributed by atoms with Crippen LogP contribution in [0, 0.1) is 11.2 Å². The second-order valence-electron chi connectivity index (χ2n) is 8.44. The molecule has 1 unspecified atom stereocenters. The van der Waals surface area contributed by atoms with E-state index in [9.17, 15) is 28.7 Å². The third-order valence-corrected chi connectivity index (χ3v) is 7.38. The minimum Gasteiger partial charge on any atom is -0.478 e. The van der Waals surface area contributed by atoms with E-state index in [1.165, 1.54) is 0 Å². The van der Waals surface area contributed by atoms with E-state index in [0.717, 1.165) is 23.5 Å². The summed E-state index contributed by atoms with van der Waals surface area (Å²) in [7, 11) is 0. The fourth-order valence-corrected chi connectivity index (χ4v) is 4.61. The molecule has 3 amide bonds. The summed E-state index contributed by atoms with van der Waals surface area (Å²) in [6, 6.07) is 4.04. The molecule has 1 atom stereocenters. The topological polar surface area (TPSA) is 127 Å². The molecule has 0 saturated heterocycles. The average molecular weight is 523 g/mol. The van der Waals surface area contributed by atoms with E-state index in [1.54, 1.807) is 17.5 Å². The van der Waals surface area contributed by atoms with E-state index in [1.807, 2.05) is 20.8 Å². The molecule has 186 valence electrons. The Balaban J connectivity index is 2.21. The van der Waals surface area contributed by atoms with Gasteiger partial charge < -0.3 is 15.6 Å². The number of hydrogen-bond acceptors (Lipinski definition) is 6. The van der Waals surface area contributed by atoms with Crippen molar-refractivity contribution in [3.63, 3.8) is 0 Å². The van der Waals surface area contributed by atoms with Crippen LogP contribution in [0.2, 0.25) is 5.02 Å². The number of aliphatic carboxylic acids is 1. The standard InChI is InChI=1S/C24H24ClFN2O6S/c1-4-24(3,5-2)11-16(29)19(22(31)32)34-20(17-7-6-8-35-17)18-12-9-14(26)13(25)10-15(12)28(21(18)30)23(27)33/h6-10,19H,4-5,11H2,1-3H3,(H2,27,33)(H,31,32). The van der Waals surface area contributed by atoms with Crippen molar-refractivity contribution in [2.75, 3.05) is 4.90 Å². The third kappa shape index (κ3) is 5.08. The Labute approximate surface area is 210 Å². The van der Waals surface area contributed by atoms with Gasteiger partial charge in [0.1, 0.15) is 5.82 Å². The van der Waals surface area contributed by atoms with Crippen molar-refractivity contribution in [2.45, 2.75) is 46.1 Å². The number of carbonyl (C=O) groups excluding carboxylic acids is 3. The highest BCUT2D eigenvalue weighted by Gasteiger charge is 2.42. The minimum atomic E-state index is -1.94. The molecule has 0 aliphatic carbocycles. The molecule has 8 nitrogen and oxygen atoms in total. The number of halogens is 2. The summed E-state index contributed by atoms with van der Waals surface area (Å²) < 4.78 is 20.2. The normalized spacial score (nSPS) is 15.6. The molecule has 0 saturated carbocycles. The van der Waals surface area contributed by atoms with Gasteiger partial charge in [-0.15, -0.1) is 11.3 Å². The van der Waals surface area contributed by atoms with Gasteiger partial charge in [-0.1, -0.05) is 51.3 Å². The molecule has 0 fully saturated rings. The SMILES string of the molecule is CCC(C)(CC)CC(=O)C(OC(=C1C(=O)N(C(N)=O)c2cc(Cl)c(F)cc21)c1cccs1)C(=O)O. The van der Waals surface area contributed by atoms with Crippen LogP contribution in [-0.2, 0) is 19.1 Å². The molecular weight excluding hydrogens is 499 g/mol. The maximum atomic E-state index is 14.4. The van der Waals surface area contributed by atoms with Crippen LogP contribution in [0.4, 0.5) is 14.9 Å². The van der Waals surface area contributed by atoms with Crippen molar-refractivity contribution in [3.8, 4) is 0 Å². The lowest BCUT2D eigenvalue weighted by atomic mass is 9.79. The Morgan fingerprint density at radius 2 is 1.94 bits per heavy atom. The molecule has 0 radical (unpaired) electrons. The van der Waals surface area contributed by atoms with Crippen LogP contribution >= 0.6 is 22.9 Å². The smallest absolute Gasteiger partial charge is 0.352 e. The molecule has 3 N–H and O–H groups in total. The average Bonchev–Trinajstić information content (AvgIpc) is 3.41. The van der Waals surface area contributed by atoms with E-state index in [4.69, 9.17) is 22.1 Å². The van der Waals surface area contributed by atoms with Crippen molar-refractivity contribution >= 4 is 63.6 Å². The van der Waals surface area contributed by atoms with Crippen molar-refractivity contribution < 1.29 is 33.4 Å². The highest BCUT2D eigenvalue weighted by Crippen LogP contribution is 2.44. The first-order chi connectivity index (χ1) is 16.4. The van der Waals surface area contributed by atoms with Crippen molar-refractivity contribution in [1.29, 1.82) is 0 Å². The van der Waals surface area contributed by atoms with Gasteiger partial charge in [-0.3, -0.25) is 9.59 Å². The number of rotatable bonds is 9. The van der Waals surface area contributed by atoms with Gasteiger partial charge in [0.2, 0.25) is 0 Å². The maximum Gasteiger partial charge on any atom is 0.352 e. The van der Waals surface area contributed by atoms with Gasteiger partial charge in [-0.25, -0.2) is 18.9 Å². The monoisotopic (exact) mass is 522 g/mol. The number of primary amides is 1. The lowest BCUT2D eigenvalue weighted by molar-refractivity contribution is -0.152. The first-order valence-electron chi connectivity index (χ1n) is 10.8. The number of urea groups is 1. The molecule has 1 aromatic heterocycles. The van der Waals surface area contributed by atoms with Gasteiger partial charge in [-0.2, -0.15) is 0 Å². The summed E-state index contributed by atoms with van der Waals surface area (Å²) in [5.41, 5.74) is 4.50. The number of Topliss-reactive ketones (excluding diaryl/α,β-unsaturated/α-hetero) is 1. The highest BCUT2D eigenvalue weighted by atomic mass is 35.5. The van der Waals surface area contributed by atoms with Crippen molar-refractivity contribution in [1.82, 2.24) is 0 Å². The second-order valence-corrected chi connectivity index (χ2v) is 9.80. The summed E-state index contributed by atoms with van der Waals surface area (Å²) in [6.07, 6.45) is -0.723. The molecule has 1 aliphatic rings. The molecule has 35 heavy (non-hydrogen) atoms. The van der Waals surface area contributed by atoms with Crippen LogP contribution in [0.25, 0.3) is 11.3 Å². The fourth-order valence-electron chi connectivity index (χ4n) is 3.73. The van der Waals surface area contributed by atoms with Crippen LogP contribution in [0.1, 0.15) is 50.5 Å². The molecule has 1 aromatic carbocycles. The number of ketones is 1. The zero-order valence-electron chi connectivity index (χ0n) is 19.3. The fraction of sp³-hybridized carbons (Fsp3) is 0.333. The minimum absolute atomic E-state index is 0.0633. The van der Waals surface area contributed by atoms with E-state index in [-0.39, 0.29) is 34.0 Å². The van der Waals surface area contributed by atoms with Crippen LogP contribution in [0.5, 0.6) is 0 Å². The van der Waals surface area contributed by atoms with Crippen LogP contribution < -0.4 is 10.6 Å². The number of thiophene rings is 1.